The van der Waals surface area contributed by atoms with Crippen molar-refractivity contribution in [1.82, 2.24) is 4.98 Å². The minimum absolute atomic E-state index is 0.107. The highest BCUT2D eigenvalue weighted by Gasteiger charge is 2.11. The maximum atomic E-state index is 11.1. The van der Waals surface area contributed by atoms with Crippen LogP contribution in [0.15, 0.2) is 10.9 Å². The fraction of sp³-hybridized carbons (Fsp3) is 0.250. The molecule has 0 aliphatic rings. The molecule has 0 fully saturated rings. The van der Waals surface area contributed by atoms with Crippen molar-refractivity contribution in [2.45, 2.75) is 6.42 Å². The molecule has 0 spiro atoms. The topological polar surface area (TPSA) is 116 Å². The van der Waals surface area contributed by atoms with Gasteiger partial charge in [0.15, 0.2) is 0 Å². The third-order valence-electron chi connectivity index (χ3n) is 1.74. The molecular formula is C8H10N2O4. The summed E-state index contributed by atoms with van der Waals surface area (Å²) < 4.78 is 0. The van der Waals surface area contributed by atoms with Crippen LogP contribution in [0.5, 0.6) is 5.88 Å². The molecular weight excluding hydrogens is 188 g/mol. The van der Waals surface area contributed by atoms with Crippen LogP contribution in [0.2, 0.25) is 0 Å². The lowest BCUT2D eigenvalue weighted by Gasteiger charge is -2.02. The third-order valence-corrected chi connectivity index (χ3v) is 1.74. The van der Waals surface area contributed by atoms with Crippen LogP contribution in [0, 0.1) is 0 Å². The molecule has 0 bridgehead atoms. The summed E-state index contributed by atoms with van der Waals surface area (Å²) in [4.78, 5) is 24.0. The zero-order valence-electron chi connectivity index (χ0n) is 7.28. The summed E-state index contributed by atoms with van der Waals surface area (Å²) >= 11 is 0. The normalized spacial score (nSPS) is 10.1. The van der Waals surface area contributed by atoms with Gasteiger partial charge in [-0.2, -0.15) is 0 Å². The zero-order chi connectivity index (χ0) is 10.7. The number of amides is 1. The van der Waals surface area contributed by atoms with Gasteiger partial charge in [0.2, 0.25) is 5.88 Å². The van der Waals surface area contributed by atoms with Crippen molar-refractivity contribution in [1.29, 1.82) is 0 Å². The van der Waals surface area contributed by atoms with Crippen molar-refractivity contribution >= 4 is 5.91 Å². The van der Waals surface area contributed by atoms with Gasteiger partial charge in [0, 0.05) is 18.6 Å². The largest absolute Gasteiger partial charge is 0.494 e. The summed E-state index contributed by atoms with van der Waals surface area (Å²) in [5, 5.41) is 17.7. The lowest BCUT2D eigenvalue weighted by molar-refractivity contribution is 0.0997. The molecule has 1 rings (SSSR count). The van der Waals surface area contributed by atoms with E-state index in [2.05, 4.69) is 4.98 Å². The van der Waals surface area contributed by atoms with Gasteiger partial charge in [-0.15, -0.1) is 0 Å². The molecule has 6 heteroatoms. The van der Waals surface area contributed by atoms with E-state index in [0.29, 0.717) is 0 Å². The average molecular weight is 198 g/mol. The van der Waals surface area contributed by atoms with Crippen LogP contribution < -0.4 is 11.3 Å². The molecule has 14 heavy (non-hydrogen) atoms. The molecule has 0 atom stereocenters. The van der Waals surface area contributed by atoms with Crippen LogP contribution in [0.25, 0.3) is 0 Å². The van der Waals surface area contributed by atoms with E-state index < -0.39 is 17.3 Å². The lowest BCUT2D eigenvalue weighted by Crippen LogP contribution is -2.19. The number of carbonyl (C=O) groups excluding carboxylic acids is 1. The third kappa shape index (κ3) is 1.91. The molecule has 0 aromatic carbocycles. The quantitative estimate of drug-likeness (QED) is 0.483. The molecule has 1 heterocycles. The van der Waals surface area contributed by atoms with Crippen molar-refractivity contribution in [3.63, 3.8) is 0 Å². The van der Waals surface area contributed by atoms with E-state index in [4.69, 9.17) is 15.9 Å². The highest BCUT2D eigenvalue weighted by atomic mass is 16.3. The summed E-state index contributed by atoms with van der Waals surface area (Å²) in [6.07, 6.45) is 0.107. The molecule has 1 aromatic rings. The highest BCUT2D eigenvalue weighted by Crippen LogP contribution is 2.11. The molecule has 1 amide bonds. The molecule has 5 N–H and O–H groups in total. The Morgan fingerprint density at radius 2 is 2.21 bits per heavy atom. The number of nitrogens with two attached hydrogens (primary N) is 1. The van der Waals surface area contributed by atoms with Crippen LogP contribution >= 0.6 is 0 Å². The van der Waals surface area contributed by atoms with Crippen LogP contribution in [-0.2, 0) is 6.42 Å². The molecule has 0 aliphatic carbocycles. The smallest absolute Gasteiger partial charge is 0.254 e. The maximum absolute atomic E-state index is 11.1. The number of aromatic hydroxyl groups is 1. The van der Waals surface area contributed by atoms with E-state index in [1.807, 2.05) is 0 Å². The van der Waals surface area contributed by atoms with Gasteiger partial charge in [-0.1, -0.05) is 0 Å². The molecule has 0 unspecified atom stereocenters. The molecule has 76 valence electrons. The molecule has 0 aliphatic heterocycles. The van der Waals surface area contributed by atoms with E-state index in [0.717, 1.165) is 0 Å². The predicted molar refractivity (Wildman–Crippen MR) is 48.0 cm³/mol. The standard InChI is InChI=1S/C8H10N2O4/c9-6(12)5-3-4(1-2-11)7(13)10-8(5)14/h3,11H,1-2H2,(H2,9,12)(H2,10,13,14). The minimum Gasteiger partial charge on any atom is -0.494 e. The Balaban J connectivity index is 3.27. The monoisotopic (exact) mass is 198 g/mol. The Kier molecular flexibility index (Phi) is 2.88. The van der Waals surface area contributed by atoms with Crippen LogP contribution in [0.3, 0.4) is 0 Å². The minimum atomic E-state index is -0.835. The van der Waals surface area contributed by atoms with E-state index in [9.17, 15) is 9.59 Å². The number of aliphatic hydroxyl groups excluding tert-OH is 1. The van der Waals surface area contributed by atoms with Gasteiger partial charge in [-0.3, -0.25) is 14.6 Å². The number of nitrogens with one attached hydrogen (secondary N) is 1. The first-order chi connectivity index (χ1) is 6.56. The van der Waals surface area contributed by atoms with Gasteiger partial charge in [0.05, 0.1) is 5.56 Å². The summed E-state index contributed by atoms with van der Waals surface area (Å²) in [5.74, 6) is -1.39. The Hall–Kier alpha value is -1.82. The summed E-state index contributed by atoms with van der Waals surface area (Å²) in [6.45, 7) is -0.216. The van der Waals surface area contributed by atoms with Crippen LogP contribution in [0.4, 0.5) is 0 Å². The second-order valence-electron chi connectivity index (χ2n) is 2.72. The predicted octanol–water partition coefficient (Wildman–Crippen LogP) is -1.29. The number of H-pyrrole nitrogens is 1. The van der Waals surface area contributed by atoms with E-state index >= 15 is 0 Å². The van der Waals surface area contributed by atoms with Crippen molar-refractivity contribution < 1.29 is 15.0 Å². The van der Waals surface area contributed by atoms with Crippen LogP contribution in [-0.4, -0.2) is 27.7 Å². The van der Waals surface area contributed by atoms with Crippen molar-refractivity contribution in [2.24, 2.45) is 5.73 Å². The lowest BCUT2D eigenvalue weighted by atomic mass is 10.1. The summed E-state index contributed by atoms with van der Waals surface area (Å²) in [5.41, 5.74) is 4.45. The first-order valence-corrected chi connectivity index (χ1v) is 3.92. The number of rotatable bonds is 3. The zero-order valence-corrected chi connectivity index (χ0v) is 7.28. The number of hydrogen-bond donors (Lipinski definition) is 4. The fourth-order valence-electron chi connectivity index (χ4n) is 1.06. The number of aliphatic hydroxyl groups is 1. The van der Waals surface area contributed by atoms with Gasteiger partial charge in [0.1, 0.15) is 0 Å². The van der Waals surface area contributed by atoms with E-state index in [1.54, 1.807) is 0 Å². The van der Waals surface area contributed by atoms with E-state index in [1.165, 1.54) is 6.07 Å². The second kappa shape index (κ2) is 3.93. The molecule has 0 saturated heterocycles. The Labute approximate surface area is 79.0 Å². The number of hydrogen-bond acceptors (Lipinski definition) is 4. The van der Waals surface area contributed by atoms with Crippen molar-refractivity contribution in [3.8, 4) is 5.88 Å². The highest BCUT2D eigenvalue weighted by molar-refractivity contribution is 5.95. The van der Waals surface area contributed by atoms with Crippen LogP contribution in [0.1, 0.15) is 15.9 Å². The number of aromatic nitrogens is 1. The van der Waals surface area contributed by atoms with Gasteiger partial charge >= 0.3 is 0 Å². The Morgan fingerprint density at radius 1 is 1.57 bits per heavy atom. The Morgan fingerprint density at radius 3 is 2.71 bits per heavy atom. The van der Waals surface area contributed by atoms with E-state index in [-0.39, 0.29) is 24.2 Å². The molecule has 0 saturated carbocycles. The Bertz CT molecular complexity index is 410. The first-order valence-electron chi connectivity index (χ1n) is 3.92. The summed E-state index contributed by atoms with van der Waals surface area (Å²) in [6, 6.07) is 1.17. The average Bonchev–Trinajstić information content (AvgIpc) is 2.09. The summed E-state index contributed by atoms with van der Waals surface area (Å²) in [7, 11) is 0. The first kappa shape index (κ1) is 10.3. The number of aromatic amines is 1. The SMILES string of the molecule is NC(=O)c1cc(CCO)c(=O)[nH]c1O. The molecule has 0 radical (unpaired) electrons. The number of pyridine rings is 1. The number of primary amides is 1. The van der Waals surface area contributed by atoms with Gasteiger partial charge in [-0.25, -0.2) is 0 Å². The van der Waals surface area contributed by atoms with Gasteiger partial charge in [-0.05, 0) is 6.07 Å². The van der Waals surface area contributed by atoms with Crippen molar-refractivity contribution in [2.75, 3.05) is 6.61 Å². The second-order valence-corrected chi connectivity index (χ2v) is 2.72. The molecule has 1 aromatic heterocycles. The number of carbonyl (C=O) groups is 1. The maximum Gasteiger partial charge on any atom is 0.254 e. The van der Waals surface area contributed by atoms with Crippen molar-refractivity contribution in [3.05, 3.63) is 27.5 Å². The van der Waals surface area contributed by atoms with Gasteiger partial charge < -0.3 is 15.9 Å². The molecule has 6 nitrogen and oxygen atoms in total. The van der Waals surface area contributed by atoms with Gasteiger partial charge in [0.25, 0.3) is 11.5 Å². The fourth-order valence-corrected chi connectivity index (χ4v) is 1.06.